The van der Waals surface area contributed by atoms with Crippen molar-refractivity contribution < 1.29 is 19.2 Å². The first kappa shape index (κ1) is 16.7. The molecule has 23 heavy (non-hydrogen) atoms. The topological polar surface area (TPSA) is 93.0 Å². The fraction of sp³-hybridized carbons (Fsp3) is 0.467. The van der Waals surface area contributed by atoms with Crippen molar-refractivity contribution >= 4 is 17.6 Å². The smallest absolute Gasteiger partial charge is 0.327 e. The lowest BCUT2D eigenvalue weighted by Gasteiger charge is -2.36. The summed E-state index contributed by atoms with van der Waals surface area (Å²) in [6, 6.07) is 5.48. The van der Waals surface area contributed by atoms with Gasteiger partial charge in [0.15, 0.2) is 0 Å². The third-order valence-electron chi connectivity index (χ3n) is 3.58. The molecule has 1 aliphatic heterocycles. The van der Waals surface area contributed by atoms with Gasteiger partial charge in [-0.25, -0.2) is 4.79 Å². The van der Waals surface area contributed by atoms with E-state index in [0.717, 1.165) is 0 Å². The van der Waals surface area contributed by atoms with Crippen LogP contribution in [0.15, 0.2) is 24.3 Å². The molecular weight excluding hydrogens is 302 g/mol. The summed E-state index contributed by atoms with van der Waals surface area (Å²) in [6.07, 6.45) is 0.292. The molecular formula is C15H19N3O5. The number of hydrogen-bond donors (Lipinski definition) is 0. The Kier molecular flexibility index (Phi) is 5.15. The molecule has 0 spiro atoms. The molecule has 0 radical (unpaired) electrons. The highest BCUT2D eigenvalue weighted by Crippen LogP contribution is 2.19. The molecule has 124 valence electrons. The molecule has 0 bridgehead atoms. The third kappa shape index (κ3) is 3.97. The Balaban J connectivity index is 1.94. The maximum absolute atomic E-state index is 12.2. The normalized spacial score (nSPS) is 15.3. The predicted molar refractivity (Wildman–Crippen MR) is 82.2 cm³/mol. The third-order valence-corrected chi connectivity index (χ3v) is 3.58. The molecule has 1 heterocycles. The Labute approximate surface area is 133 Å². The summed E-state index contributed by atoms with van der Waals surface area (Å²) in [6.45, 7) is 4.42. The Morgan fingerprint density at radius 1 is 1.35 bits per heavy atom. The van der Waals surface area contributed by atoms with Crippen LogP contribution in [0.1, 0.15) is 20.3 Å². The van der Waals surface area contributed by atoms with E-state index in [1.807, 2.05) is 13.8 Å². The number of nitro groups is 1. The zero-order chi connectivity index (χ0) is 17.0. The van der Waals surface area contributed by atoms with Gasteiger partial charge in [-0.3, -0.25) is 19.8 Å². The van der Waals surface area contributed by atoms with E-state index in [4.69, 9.17) is 4.74 Å². The zero-order valence-corrected chi connectivity index (χ0v) is 13.1. The molecule has 2 rings (SSSR count). The van der Waals surface area contributed by atoms with Crippen LogP contribution in [0, 0.1) is 10.1 Å². The van der Waals surface area contributed by atoms with Crippen molar-refractivity contribution in [3.8, 4) is 5.75 Å². The van der Waals surface area contributed by atoms with Gasteiger partial charge in [0.2, 0.25) is 5.91 Å². The molecule has 0 unspecified atom stereocenters. The maximum atomic E-state index is 12.2. The summed E-state index contributed by atoms with van der Waals surface area (Å²) < 4.78 is 5.42. The number of benzene rings is 1. The number of amides is 3. The largest absolute Gasteiger partial charge is 0.491 e. The fourth-order valence-electron chi connectivity index (χ4n) is 2.35. The van der Waals surface area contributed by atoms with E-state index < -0.39 is 4.92 Å². The molecule has 0 aliphatic carbocycles. The molecule has 8 heteroatoms. The maximum Gasteiger partial charge on any atom is 0.327 e. The van der Waals surface area contributed by atoms with E-state index in [2.05, 4.69) is 0 Å². The van der Waals surface area contributed by atoms with Gasteiger partial charge in [-0.05, 0) is 19.9 Å². The number of ether oxygens (including phenoxy) is 1. The molecule has 0 N–H and O–H groups in total. The molecule has 1 aromatic carbocycles. The number of hydrogen-bond acceptors (Lipinski definition) is 5. The van der Waals surface area contributed by atoms with Gasteiger partial charge in [0.1, 0.15) is 12.4 Å². The van der Waals surface area contributed by atoms with E-state index in [-0.39, 0.29) is 36.8 Å². The molecule has 1 fully saturated rings. The molecule has 3 amide bonds. The van der Waals surface area contributed by atoms with Crippen LogP contribution in [-0.4, -0.2) is 52.4 Å². The molecule has 1 saturated heterocycles. The number of rotatable bonds is 6. The Morgan fingerprint density at radius 2 is 2.09 bits per heavy atom. The average Bonchev–Trinajstić information content (AvgIpc) is 2.50. The Morgan fingerprint density at radius 3 is 2.74 bits per heavy atom. The van der Waals surface area contributed by atoms with E-state index >= 15 is 0 Å². The number of nitro benzene ring substituents is 1. The van der Waals surface area contributed by atoms with E-state index in [1.54, 1.807) is 11.0 Å². The highest BCUT2D eigenvalue weighted by atomic mass is 16.6. The predicted octanol–water partition coefficient (Wildman–Crippen LogP) is 2.04. The van der Waals surface area contributed by atoms with Crippen LogP contribution in [0.4, 0.5) is 10.5 Å². The minimum atomic E-state index is -0.509. The van der Waals surface area contributed by atoms with Crippen LogP contribution >= 0.6 is 0 Å². The molecule has 0 saturated carbocycles. The minimum absolute atomic E-state index is 0.0239. The first-order valence-corrected chi connectivity index (χ1v) is 7.38. The average molecular weight is 321 g/mol. The minimum Gasteiger partial charge on any atom is -0.491 e. The molecule has 0 aromatic heterocycles. The SMILES string of the molecule is CC(C)N1CCC(=O)N(CCOc2cccc([N+](=O)[O-])c2)C1=O. The van der Waals surface area contributed by atoms with Crippen LogP contribution < -0.4 is 4.74 Å². The van der Waals surface area contributed by atoms with Crippen LogP contribution in [0.5, 0.6) is 5.75 Å². The van der Waals surface area contributed by atoms with Gasteiger partial charge in [0.05, 0.1) is 17.5 Å². The fourth-order valence-corrected chi connectivity index (χ4v) is 2.35. The van der Waals surface area contributed by atoms with E-state index in [1.165, 1.54) is 23.1 Å². The van der Waals surface area contributed by atoms with Crippen molar-refractivity contribution in [2.24, 2.45) is 0 Å². The summed E-state index contributed by atoms with van der Waals surface area (Å²) in [5, 5.41) is 10.7. The van der Waals surface area contributed by atoms with Crippen molar-refractivity contribution in [1.82, 2.24) is 9.80 Å². The van der Waals surface area contributed by atoms with Crippen molar-refractivity contribution in [1.29, 1.82) is 0 Å². The molecule has 0 atom stereocenters. The van der Waals surface area contributed by atoms with Gasteiger partial charge in [-0.2, -0.15) is 0 Å². The first-order valence-electron chi connectivity index (χ1n) is 7.38. The second-order valence-electron chi connectivity index (χ2n) is 5.47. The monoisotopic (exact) mass is 321 g/mol. The second-order valence-corrected chi connectivity index (χ2v) is 5.47. The summed E-state index contributed by atoms with van der Waals surface area (Å²) in [5.74, 6) is 0.103. The number of imide groups is 1. The van der Waals surface area contributed by atoms with Crippen LogP contribution in [0.2, 0.25) is 0 Å². The van der Waals surface area contributed by atoms with Gasteiger partial charge in [-0.15, -0.1) is 0 Å². The van der Waals surface area contributed by atoms with E-state index in [0.29, 0.717) is 18.7 Å². The van der Waals surface area contributed by atoms with Crippen LogP contribution in [0.3, 0.4) is 0 Å². The highest BCUT2D eigenvalue weighted by Gasteiger charge is 2.32. The molecule has 1 aliphatic rings. The van der Waals surface area contributed by atoms with Crippen molar-refractivity contribution in [2.75, 3.05) is 19.7 Å². The Bertz CT molecular complexity index is 617. The summed E-state index contributed by atoms with van der Waals surface area (Å²) >= 11 is 0. The zero-order valence-electron chi connectivity index (χ0n) is 13.1. The van der Waals surface area contributed by atoms with Gasteiger partial charge >= 0.3 is 6.03 Å². The number of carbonyl (C=O) groups excluding carboxylic acids is 2. The standard InChI is InChI=1S/C15H19N3O5/c1-11(2)16-7-6-14(19)17(15(16)20)8-9-23-13-5-3-4-12(10-13)18(21)22/h3-5,10-11H,6-9H2,1-2H3. The first-order chi connectivity index (χ1) is 10.9. The summed E-state index contributed by atoms with van der Waals surface area (Å²) in [4.78, 5) is 37.1. The molecule has 1 aromatic rings. The van der Waals surface area contributed by atoms with Gasteiger partial charge in [0, 0.05) is 25.1 Å². The van der Waals surface area contributed by atoms with Gasteiger partial charge in [0.25, 0.3) is 5.69 Å². The lowest BCUT2D eigenvalue weighted by atomic mass is 10.2. The Hall–Kier alpha value is -2.64. The van der Waals surface area contributed by atoms with E-state index in [9.17, 15) is 19.7 Å². The number of carbonyl (C=O) groups is 2. The molecule has 8 nitrogen and oxygen atoms in total. The van der Waals surface area contributed by atoms with Crippen molar-refractivity contribution in [3.63, 3.8) is 0 Å². The van der Waals surface area contributed by atoms with Crippen molar-refractivity contribution in [2.45, 2.75) is 26.3 Å². The number of non-ortho nitro benzene ring substituents is 1. The lowest BCUT2D eigenvalue weighted by molar-refractivity contribution is -0.384. The number of urea groups is 1. The highest BCUT2D eigenvalue weighted by molar-refractivity contribution is 5.96. The summed E-state index contributed by atoms with van der Waals surface area (Å²) in [5.41, 5.74) is -0.0707. The number of nitrogens with zero attached hydrogens (tertiary/aromatic N) is 3. The van der Waals surface area contributed by atoms with Crippen molar-refractivity contribution in [3.05, 3.63) is 34.4 Å². The summed E-state index contributed by atoms with van der Waals surface area (Å²) in [7, 11) is 0. The quantitative estimate of drug-likeness (QED) is 0.590. The van der Waals surface area contributed by atoms with Gasteiger partial charge in [-0.1, -0.05) is 6.07 Å². The van der Waals surface area contributed by atoms with Crippen LogP contribution in [0.25, 0.3) is 0 Å². The van der Waals surface area contributed by atoms with Gasteiger partial charge < -0.3 is 9.64 Å². The lowest BCUT2D eigenvalue weighted by Crippen LogP contribution is -2.55. The van der Waals surface area contributed by atoms with Crippen LogP contribution in [-0.2, 0) is 4.79 Å². The second kappa shape index (κ2) is 7.08.